The van der Waals surface area contributed by atoms with Crippen LogP contribution >= 0.6 is 0 Å². The van der Waals surface area contributed by atoms with Gasteiger partial charge >= 0.3 is 0 Å². The fourth-order valence-electron chi connectivity index (χ4n) is 2.49. The van der Waals surface area contributed by atoms with E-state index in [-0.39, 0.29) is 6.61 Å². The van der Waals surface area contributed by atoms with Crippen molar-refractivity contribution in [3.8, 4) is 11.1 Å². The Hall–Kier alpha value is -2.12. The summed E-state index contributed by atoms with van der Waals surface area (Å²) in [6.45, 7) is 4.37. The molecule has 1 N–H and O–H groups in total. The molecule has 0 heterocycles. The maximum atomic E-state index is 9.19. The van der Waals surface area contributed by atoms with Gasteiger partial charge in [-0.25, -0.2) is 0 Å². The summed E-state index contributed by atoms with van der Waals surface area (Å²) in [7, 11) is 0. The molecule has 1 heteroatoms. The SMILES string of the molecule is Cc1ccc(-c2ccc3cc(CO)ccc3c2)cc1C. The lowest BCUT2D eigenvalue weighted by Crippen LogP contribution is -1.85. The highest BCUT2D eigenvalue weighted by Crippen LogP contribution is 2.26. The van der Waals surface area contributed by atoms with Crippen LogP contribution in [0.3, 0.4) is 0 Å². The summed E-state index contributed by atoms with van der Waals surface area (Å²) < 4.78 is 0. The molecule has 0 atom stereocenters. The average Bonchev–Trinajstić information content (AvgIpc) is 2.49. The minimum Gasteiger partial charge on any atom is -0.392 e. The second kappa shape index (κ2) is 5.10. The topological polar surface area (TPSA) is 20.2 Å². The quantitative estimate of drug-likeness (QED) is 0.714. The van der Waals surface area contributed by atoms with Crippen LogP contribution in [-0.2, 0) is 6.61 Å². The van der Waals surface area contributed by atoms with E-state index in [4.69, 9.17) is 0 Å². The van der Waals surface area contributed by atoms with Gasteiger partial charge < -0.3 is 5.11 Å². The third kappa shape index (κ3) is 2.33. The Bertz CT molecular complexity index is 772. The Morgan fingerprint density at radius 2 is 1.35 bits per heavy atom. The van der Waals surface area contributed by atoms with Crippen molar-refractivity contribution in [2.75, 3.05) is 0 Å². The molecule has 0 amide bonds. The minimum atomic E-state index is 0.0921. The molecular weight excluding hydrogens is 244 g/mol. The maximum Gasteiger partial charge on any atom is 0.0682 e. The van der Waals surface area contributed by atoms with Gasteiger partial charge in [0.25, 0.3) is 0 Å². The van der Waals surface area contributed by atoms with Crippen molar-refractivity contribution in [2.45, 2.75) is 20.5 Å². The normalized spacial score (nSPS) is 10.9. The smallest absolute Gasteiger partial charge is 0.0682 e. The van der Waals surface area contributed by atoms with Gasteiger partial charge in [0, 0.05) is 0 Å². The lowest BCUT2D eigenvalue weighted by molar-refractivity contribution is 0.282. The number of aliphatic hydroxyl groups is 1. The number of hydrogen-bond acceptors (Lipinski definition) is 1. The van der Waals surface area contributed by atoms with Crippen molar-refractivity contribution in [1.82, 2.24) is 0 Å². The zero-order chi connectivity index (χ0) is 14.1. The van der Waals surface area contributed by atoms with Gasteiger partial charge in [0.1, 0.15) is 0 Å². The Balaban J connectivity index is 2.10. The van der Waals surface area contributed by atoms with Crippen LogP contribution in [0.25, 0.3) is 21.9 Å². The molecule has 0 radical (unpaired) electrons. The van der Waals surface area contributed by atoms with E-state index in [1.54, 1.807) is 0 Å². The molecule has 100 valence electrons. The molecule has 3 aromatic rings. The predicted molar refractivity (Wildman–Crippen MR) is 84.8 cm³/mol. The summed E-state index contributed by atoms with van der Waals surface area (Å²) in [6, 6.07) is 19.2. The molecule has 0 aliphatic heterocycles. The Labute approximate surface area is 119 Å². The predicted octanol–water partition coefficient (Wildman–Crippen LogP) is 4.62. The van der Waals surface area contributed by atoms with Crippen molar-refractivity contribution < 1.29 is 5.11 Å². The first-order valence-electron chi connectivity index (χ1n) is 6.88. The van der Waals surface area contributed by atoms with Crippen molar-refractivity contribution in [1.29, 1.82) is 0 Å². The molecule has 0 aliphatic carbocycles. The van der Waals surface area contributed by atoms with E-state index < -0.39 is 0 Å². The first-order valence-corrected chi connectivity index (χ1v) is 6.88. The van der Waals surface area contributed by atoms with Crippen LogP contribution in [0.5, 0.6) is 0 Å². The van der Waals surface area contributed by atoms with Gasteiger partial charge in [0.05, 0.1) is 6.61 Å². The van der Waals surface area contributed by atoms with Crippen LogP contribution in [0.4, 0.5) is 0 Å². The number of hydrogen-bond donors (Lipinski definition) is 1. The standard InChI is InChI=1S/C19H18O/c1-13-3-5-16(9-14(13)2)19-8-7-17-10-15(12-20)4-6-18(17)11-19/h3-11,20H,12H2,1-2H3. The highest BCUT2D eigenvalue weighted by Gasteiger charge is 2.02. The van der Waals surface area contributed by atoms with Crippen LogP contribution < -0.4 is 0 Å². The molecule has 0 bridgehead atoms. The summed E-state index contributed by atoms with van der Waals surface area (Å²) in [5, 5.41) is 11.6. The van der Waals surface area contributed by atoms with E-state index >= 15 is 0 Å². The lowest BCUT2D eigenvalue weighted by Gasteiger charge is -2.08. The fourth-order valence-corrected chi connectivity index (χ4v) is 2.49. The lowest BCUT2D eigenvalue weighted by atomic mass is 9.97. The molecule has 0 unspecified atom stereocenters. The van der Waals surface area contributed by atoms with E-state index in [2.05, 4.69) is 56.3 Å². The van der Waals surface area contributed by atoms with Gasteiger partial charge in [-0.3, -0.25) is 0 Å². The fraction of sp³-hybridized carbons (Fsp3) is 0.158. The van der Waals surface area contributed by atoms with Crippen molar-refractivity contribution in [3.05, 3.63) is 71.3 Å². The van der Waals surface area contributed by atoms with E-state index in [1.807, 2.05) is 12.1 Å². The number of fused-ring (bicyclic) bond motifs is 1. The zero-order valence-electron chi connectivity index (χ0n) is 11.9. The molecule has 1 nitrogen and oxygen atoms in total. The van der Waals surface area contributed by atoms with E-state index in [0.29, 0.717) is 0 Å². The first-order chi connectivity index (χ1) is 9.67. The molecule has 20 heavy (non-hydrogen) atoms. The van der Waals surface area contributed by atoms with Gasteiger partial charge in [-0.15, -0.1) is 0 Å². The van der Waals surface area contributed by atoms with Crippen LogP contribution in [-0.4, -0.2) is 5.11 Å². The van der Waals surface area contributed by atoms with Gasteiger partial charge in [0.2, 0.25) is 0 Å². The summed E-state index contributed by atoms with van der Waals surface area (Å²) in [4.78, 5) is 0. The molecule has 0 spiro atoms. The molecule has 0 aliphatic rings. The van der Waals surface area contributed by atoms with Crippen molar-refractivity contribution >= 4 is 10.8 Å². The summed E-state index contributed by atoms with van der Waals surface area (Å²) >= 11 is 0. The minimum absolute atomic E-state index is 0.0921. The van der Waals surface area contributed by atoms with Gasteiger partial charge in [0.15, 0.2) is 0 Å². The average molecular weight is 262 g/mol. The van der Waals surface area contributed by atoms with Crippen LogP contribution in [0, 0.1) is 13.8 Å². The molecule has 0 fully saturated rings. The number of aliphatic hydroxyl groups excluding tert-OH is 1. The van der Waals surface area contributed by atoms with Crippen molar-refractivity contribution in [3.63, 3.8) is 0 Å². The van der Waals surface area contributed by atoms with Crippen molar-refractivity contribution in [2.24, 2.45) is 0 Å². The number of rotatable bonds is 2. The third-order valence-electron chi connectivity index (χ3n) is 3.93. The third-order valence-corrected chi connectivity index (χ3v) is 3.93. The largest absolute Gasteiger partial charge is 0.392 e. The first kappa shape index (κ1) is 12.9. The molecule has 3 rings (SSSR count). The maximum absolute atomic E-state index is 9.19. The monoisotopic (exact) mass is 262 g/mol. The van der Waals surface area contributed by atoms with Crippen LogP contribution in [0.15, 0.2) is 54.6 Å². The Morgan fingerprint density at radius 3 is 2.10 bits per heavy atom. The Morgan fingerprint density at radius 1 is 0.700 bits per heavy atom. The number of aryl methyl sites for hydroxylation is 2. The van der Waals surface area contributed by atoms with Gasteiger partial charge in [-0.2, -0.15) is 0 Å². The van der Waals surface area contributed by atoms with E-state index in [1.165, 1.54) is 33.0 Å². The highest BCUT2D eigenvalue weighted by atomic mass is 16.3. The zero-order valence-corrected chi connectivity index (χ0v) is 11.9. The molecule has 0 aromatic heterocycles. The summed E-state index contributed by atoms with van der Waals surface area (Å²) in [6.07, 6.45) is 0. The molecule has 0 saturated carbocycles. The second-order valence-electron chi connectivity index (χ2n) is 5.35. The Kier molecular flexibility index (Phi) is 3.29. The van der Waals surface area contributed by atoms with Crippen LogP contribution in [0.2, 0.25) is 0 Å². The van der Waals surface area contributed by atoms with E-state index in [9.17, 15) is 5.11 Å². The molecule has 0 saturated heterocycles. The summed E-state index contributed by atoms with van der Waals surface area (Å²) in [5.74, 6) is 0. The summed E-state index contributed by atoms with van der Waals surface area (Å²) in [5.41, 5.74) is 6.08. The number of benzene rings is 3. The highest BCUT2D eigenvalue weighted by molar-refractivity contribution is 5.88. The van der Waals surface area contributed by atoms with E-state index in [0.717, 1.165) is 5.56 Å². The molecule has 3 aromatic carbocycles. The van der Waals surface area contributed by atoms with Gasteiger partial charge in [-0.1, -0.05) is 42.5 Å². The van der Waals surface area contributed by atoms with Gasteiger partial charge in [-0.05, 0) is 64.6 Å². The van der Waals surface area contributed by atoms with Crippen LogP contribution in [0.1, 0.15) is 16.7 Å². The second-order valence-corrected chi connectivity index (χ2v) is 5.35. The molecular formula is C19H18O.